The van der Waals surface area contributed by atoms with E-state index in [9.17, 15) is 9.18 Å². The molecule has 1 N–H and O–H groups in total. The fourth-order valence-electron chi connectivity index (χ4n) is 1.27. The first-order valence-electron chi connectivity index (χ1n) is 5.08. The van der Waals surface area contributed by atoms with E-state index in [1.165, 1.54) is 22.8 Å². The molecule has 0 saturated heterocycles. The molecule has 0 spiro atoms. The lowest BCUT2D eigenvalue weighted by Crippen LogP contribution is -2.19. The van der Waals surface area contributed by atoms with Crippen molar-refractivity contribution in [1.29, 1.82) is 0 Å². The number of hydrogen-bond donors (Lipinski definition) is 1. The maximum absolute atomic E-state index is 12.9. The van der Waals surface area contributed by atoms with Crippen molar-refractivity contribution in [1.82, 2.24) is 14.6 Å². The first-order valence-corrected chi connectivity index (χ1v) is 5.08. The second kappa shape index (κ2) is 4.88. The average molecular weight is 238 g/mol. The summed E-state index contributed by atoms with van der Waals surface area (Å²) in [4.78, 5) is 15.3. The number of aromatic nitrogens is 3. The van der Waals surface area contributed by atoms with E-state index in [-0.39, 0.29) is 18.5 Å². The summed E-state index contributed by atoms with van der Waals surface area (Å²) in [5.41, 5.74) is 0.457. The van der Waals surface area contributed by atoms with E-state index >= 15 is 0 Å². The first-order chi connectivity index (χ1) is 8.19. The molecule has 0 saturated carbocycles. The van der Waals surface area contributed by atoms with Gasteiger partial charge < -0.3 is 4.74 Å². The van der Waals surface area contributed by atoms with Crippen LogP contribution in [0.3, 0.4) is 0 Å². The molecule has 2 rings (SSSR count). The molecular formula is C10H11FN4O2. The number of rotatable bonds is 4. The van der Waals surface area contributed by atoms with E-state index in [0.29, 0.717) is 12.3 Å². The van der Waals surface area contributed by atoms with E-state index in [1.54, 1.807) is 6.92 Å². The van der Waals surface area contributed by atoms with Crippen LogP contribution in [0.2, 0.25) is 0 Å². The zero-order chi connectivity index (χ0) is 12.3. The van der Waals surface area contributed by atoms with Gasteiger partial charge in [0, 0.05) is 6.61 Å². The van der Waals surface area contributed by atoms with Gasteiger partial charge in [-0.3, -0.25) is 10.1 Å². The monoisotopic (exact) mass is 238 g/mol. The molecule has 2 aromatic heterocycles. The number of nitrogens with zero attached hydrogens (tertiary/aromatic N) is 3. The molecule has 0 radical (unpaired) electrons. The molecule has 17 heavy (non-hydrogen) atoms. The predicted molar refractivity (Wildman–Crippen MR) is 58.1 cm³/mol. The summed E-state index contributed by atoms with van der Waals surface area (Å²) >= 11 is 0. The largest absolute Gasteiger partial charge is 0.372 e. The van der Waals surface area contributed by atoms with E-state index in [4.69, 9.17) is 4.74 Å². The molecule has 0 fully saturated rings. The molecule has 0 atom stereocenters. The Hall–Kier alpha value is -2.02. The number of anilines is 1. The molecule has 90 valence electrons. The van der Waals surface area contributed by atoms with Gasteiger partial charge in [0.15, 0.2) is 5.65 Å². The number of carbonyl (C=O) groups excluding carboxylic acids is 1. The van der Waals surface area contributed by atoms with Crippen LogP contribution >= 0.6 is 0 Å². The van der Waals surface area contributed by atoms with Crippen molar-refractivity contribution in [3.05, 3.63) is 24.1 Å². The molecule has 0 aliphatic heterocycles. The highest BCUT2D eigenvalue weighted by molar-refractivity contribution is 5.90. The fourth-order valence-corrected chi connectivity index (χ4v) is 1.27. The second-order valence-corrected chi connectivity index (χ2v) is 3.27. The summed E-state index contributed by atoms with van der Waals surface area (Å²) in [6, 6.07) is 2.75. The van der Waals surface area contributed by atoms with Crippen LogP contribution in [0.5, 0.6) is 0 Å². The van der Waals surface area contributed by atoms with Crippen LogP contribution in [0.25, 0.3) is 5.65 Å². The van der Waals surface area contributed by atoms with Gasteiger partial charge in [-0.1, -0.05) is 0 Å². The molecule has 0 unspecified atom stereocenters. The molecule has 6 nitrogen and oxygen atoms in total. The summed E-state index contributed by atoms with van der Waals surface area (Å²) in [6.45, 7) is 2.19. The van der Waals surface area contributed by atoms with Crippen molar-refractivity contribution in [3.8, 4) is 0 Å². The highest BCUT2D eigenvalue weighted by Crippen LogP contribution is 2.06. The van der Waals surface area contributed by atoms with Crippen LogP contribution in [-0.4, -0.2) is 33.7 Å². The van der Waals surface area contributed by atoms with Crippen LogP contribution in [0.1, 0.15) is 6.92 Å². The van der Waals surface area contributed by atoms with Crippen molar-refractivity contribution < 1.29 is 13.9 Å². The van der Waals surface area contributed by atoms with Gasteiger partial charge in [-0.15, -0.1) is 5.10 Å². The van der Waals surface area contributed by atoms with E-state index in [2.05, 4.69) is 15.4 Å². The van der Waals surface area contributed by atoms with Crippen LogP contribution in [0.15, 0.2) is 18.3 Å². The fraction of sp³-hybridized carbons (Fsp3) is 0.300. The minimum atomic E-state index is -0.422. The molecule has 0 aliphatic rings. The lowest BCUT2D eigenvalue weighted by Gasteiger charge is -1.99. The maximum Gasteiger partial charge on any atom is 0.252 e. The Kier molecular flexibility index (Phi) is 3.29. The molecule has 1 amide bonds. The van der Waals surface area contributed by atoms with Crippen molar-refractivity contribution >= 4 is 17.5 Å². The van der Waals surface area contributed by atoms with Gasteiger partial charge in [0.05, 0.1) is 6.20 Å². The first kappa shape index (κ1) is 11.5. The van der Waals surface area contributed by atoms with E-state index in [1.807, 2.05) is 0 Å². The molecule has 0 aromatic carbocycles. The average Bonchev–Trinajstić information content (AvgIpc) is 2.67. The van der Waals surface area contributed by atoms with Gasteiger partial charge in [0.25, 0.3) is 5.91 Å². The molecule has 2 heterocycles. The van der Waals surface area contributed by atoms with Crippen molar-refractivity contribution in [2.75, 3.05) is 18.5 Å². The van der Waals surface area contributed by atoms with Gasteiger partial charge in [0.2, 0.25) is 5.95 Å². The number of fused-ring (bicyclic) bond motifs is 1. The Balaban J connectivity index is 2.11. The smallest absolute Gasteiger partial charge is 0.252 e. The summed E-state index contributed by atoms with van der Waals surface area (Å²) in [6.07, 6.45) is 1.18. The third-order valence-electron chi connectivity index (χ3n) is 1.98. The van der Waals surface area contributed by atoms with Crippen molar-refractivity contribution in [2.24, 2.45) is 0 Å². The van der Waals surface area contributed by atoms with E-state index in [0.717, 1.165) is 0 Å². The van der Waals surface area contributed by atoms with E-state index < -0.39 is 5.82 Å². The van der Waals surface area contributed by atoms with Crippen molar-refractivity contribution in [2.45, 2.75) is 6.92 Å². The number of ether oxygens (including phenoxy) is 1. The Morgan fingerprint density at radius 2 is 2.41 bits per heavy atom. The standard InChI is InChI=1S/C10H11FN4O2/c1-2-17-6-9(16)13-10-12-8-4-3-7(11)5-15(8)14-10/h3-5H,2,6H2,1H3,(H,13,14,16). The third-order valence-corrected chi connectivity index (χ3v) is 1.98. The molecule has 7 heteroatoms. The summed E-state index contributed by atoms with van der Waals surface area (Å²) in [5, 5.41) is 6.36. The van der Waals surface area contributed by atoms with Crippen LogP contribution in [0, 0.1) is 5.82 Å². The highest BCUT2D eigenvalue weighted by Gasteiger charge is 2.07. The van der Waals surface area contributed by atoms with Gasteiger partial charge in [-0.25, -0.2) is 8.91 Å². The molecule has 2 aromatic rings. The number of halogens is 1. The number of nitrogens with one attached hydrogen (secondary N) is 1. The van der Waals surface area contributed by atoms with Gasteiger partial charge in [-0.05, 0) is 19.1 Å². The summed E-state index contributed by atoms with van der Waals surface area (Å²) < 4.78 is 19.1. The summed E-state index contributed by atoms with van der Waals surface area (Å²) in [7, 11) is 0. The third kappa shape index (κ3) is 2.76. The molecular weight excluding hydrogens is 227 g/mol. The Bertz CT molecular complexity index is 540. The molecule has 0 aliphatic carbocycles. The Morgan fingerprint density at radius 3 is 3.18 bits per heavy atom. The maximum atomic E-state index is 12.9. The number of carbonyl (C=O) groups is 1. The van der Waals surface area contributed by atoms with Gasteiger partial charge in [0.1, 0.15) is 12.4 Å². The second-order valence-electron chi connectivity index (χ2n) is 3.27. The zero-order valence-electron chi connectivity index (χ0n) is 9.18. The van der Waals surface area contributed by atoms with Gasteiger partial charge in [-0.2, -0.15) is 4.98 Å². The quantitative estimate of drug-likeness (QED) is 0.857. The zero-order valence-corrected chi connectivity index (χ0v) is 9.18. The SMILES string of the molecule is CCOCC(=O)Nc1nc2ccc(F)cn2n1. The lowest BCUT2D eigenvalue weighted by molar-refractivity contribution is -0.120. The van der Waals surface area contributed by atoms with Gasteiger partial charge >= 0.3 is 0 Å². The minimum absolute atomic E-state index is 0.0551. The number of amides is 1. The summed E-state index contributed by atoms with van der Waals surface area (Å²) in [5.74, 6) is -0.641. The van der Waals surface area contributed by atoms with Crippen LogP contribution in [-0.2, 0) is 9.53 Å². The normalized spacial score (nSPS) is 10.7. The molecule has 0 bridgehead atoms. The minimum Gasteiger partial charge on any atom is -0.372 e. The predicted octanol–water partition coefficient (Wildman–Crippen LogP) is 0.843. The van der Waals surface area contributed by atoms with Crippen LogP contribution in [0.4, 0.5) is 10.3 Å². The lowest BCUT2D eigenvalue weighted by atomic mass is 10.5. The Morgan fingerprint density at radius 1 is 1.59 bits per heavy atom. The highest BCUT2D eigenvalue weighted by atomic mass is 19.1. The van der Waals surface area contributed by atoms with Crippen LogP contribution < -0.4 is 5.32 Å². The number of pyridine rings is 1. The topological polar surface area (TPSA) is 68.5 Å². The number of hydrogen-bond acceptors (Lipinski definition) is 4. The Labute approximate surface area is 96.4 Å². The van der Waals surface area contributed by atoms with Crippen molar-refractivity contribution in [3.63, 3.8) is 0 Å².